The molecule has 0 aromatic heterocycles. The van der Waals surface area contributed by atoms with Gasteiger partial charge >= 0.3 is 0 Å². The standard InChI is InChI=1S/C12H24N2O/c1-12(2)8-14-11(15-9-12)6-10-4-3-5-13-7-10/h10-11,13-14H,3-9H2,1-2H3. The average molecular weight is 212 g/mol. The van der Waals surface area contributed by atoms with Crippen LogP contribution >= 0.6 is 0 Å². The lowest BCUT2D eigenvalue weighted by Crippen LogP contribution is -2.49. The summed E-state index contributed by atoms with van der Waals surface area (Å²) in [5.41, 5.74) is 0.307. The summed E-state index contributed by atoms with van der Waals surface area (Å²) in [4.78, 5) is 0. The second-order valence-corrected chi connectivity index (χ2v) is 5.79. The molecule has 15 heavy (non-hydrogen) atoms. The maximum atomic E-state index is 5.86. The zero-order valence-corrected chi connectivity index (χ0v) is 10.0. The summed E-state index contributed by atoms with van der Waals surface area (Å²) >= 11 is 0. The molecule has 2 aliphatic rings. The van der Waals surface area contributed by atoms with E-state index in [0.717, 1.165) is 19.1 Å². The third kappa shape index (κ3) is 3.44. The number of ether oxygens (including phenoxy) is 1. The Labute approximate surface area is 93.0 Å². The summed E-state index contributed by atoms with van der Waals surface area (Å²) in [6, 6.07) is 0. The van der Waals surface area contributed by atoms with Crippen molar-refractivity contribution in [3.05, 3.63) is 0 Å². The molecule has 3 heteroatoms. The van der Waals surface area contributed by atoms with Gasteiger partial charge in [0, 0.05) is 12.0 Å². The Hall–Kier alpha value is -0.120. The van der Waals surface area contributed by atoms with E-state index in [0.29, 0.717) is 11.6 Å². The summed E-state index contributed by atoms with van der Waals surface area (Å²) in [7, 11) is 0. The molecule has 0 saturated carbocycles. The highest BCUT2D eigenvalue weighted by Crippen LogP contribution is 2.23. The monoisotopic (exact) mass is 212 g/mol. The van der Waals surface area contributed by atoms with Crippen LogP contribution in [0.25, 0.3) is 0 Å². The van der Waals surface area contributed by atoms with Crippen molar-refractivity contribution in [1.29, 1.82) is 0 Å². The molecule has 3 nitrogen and oxygen atoms in total. The molecule has 2 fully saturated rings. The lowest BCUT2D eigenvalue weighted by molar-refractivity contribution is -0.0682. The van der Waals surface area contributed by atoms with E-state index in [1.54, 1.807) is 0 Å². The highest BCUT2D eigenvalue weighted by atomic mass is 16.5. The van der Waals surface area contributed by atoms with Crippen molar-refractivity contribution in [3.63, 3.8) is 0 Å². The summed E-state index contributed by atoms with van der Waals surface area (Å²) in [6.45, 7) is 8.84. The zero-order chi connectivity index (χ0) is 10.7. The molecule has 2 saturated heterocycles. The largest absolute Gasteiger partial charge is 0.363 e. The van der Waals surface area contributed by atoms with E-state index in [9.17, 15) is 0 Å². The molecule has 0 spiro atoms. The van der Waals surface area contributed by atoms with Gasteiger partial charge in [-0.3, -0.25) is 5.32 Å². The maximum absolute atomic E-state index is 5.86. The lowest BCUT2D eigenvalue weighted by atomic mass is 9.91. The quantitative estimate of drug-likeness (QED) is 0.725. The van der Waals surface area contributed by atoms with E-state index >= 15 is 0 Å². The predicted molar refractivity (Wildman–Crippen MR) is 61.7 cm³/mol. The van der Waals surface area contributed by atoms with Crippen LogP contribution in [0.5, 0.6) is 0 Å². The Bertz CT molecular complexity index is 190. The van der Waals surface area contributed by atoms with Gasteiger partial charge in [-0.25, -0.2) is 0 Å². The fourth-order valence-corrected chi connectivity index (χ4v) is 2.41. The molecule has 2 heterocycles. The topological polar surface area (TPSA) is 33.3 Å². The number of rotatable bonds is 2. The molecule has 0 aromatic carbocycles. The second-order valence-electron chi connectivity index (χ2n) is 5.79. The maximum Gasteiger partial charge on any atom is 0.108 e. The van der Waals surface area contributed by atoms with Gasteiger partial charge in [0.2, 0.25) is 0 Å². The van der Waals surface area contributed by atoms with E-state index in [1.165, 1.54) is 32.4 Å². The molecule has 88 valence electrons. The molecule has 2 unspecified atom stereocenters. The molecule has 2 N–H and O–H groups in total. The third-order valence-electron chi connectivity index (χ3n) is 3.43. The first-order valence-electron chi connectivity index (χ1n) is 6.21. The zero-order valence-electron chi connectivity index (χ0n) is 10.0. The Balaban J connectivity index is 1.71. The smallest absolute Gasteiger partial charge is 0.108 e. The van der Waals surface area contributed by atoms with Crippen molar-refractivity contribution in [3.8, 4) is 0 Å². The molecule has 0 bridgehead atoms. The predicted octanol–water partition coefficient (Wildman–Crippen LogP) is 1.35. The van der Waals surface area contributed by atoms with Crippen molar-refractivity contribution in [2.75, 3.05) is 26.2 Å². The molecule has 0 radical (unpaired) electrons. The SMILES string of the molecule is CC1(C)CNC(CC2CCCNC2)OC1. The molecule has 2 rings (SSSR count). The van der Waals surface area contributed by atoms with Crippen molar-refractivity contribution >= 4 is 0 Å². The summed E-state index contributed by atoms with van der Waals surface area (Å²) in [5.74, 6) is 0.803. The molecular formula is C12H24N2O. The third-order valence-corrected chi connectivity index (χ3v) is 3.43. The van der Waals surface area contributed by atoms with Crippen LogP contribution in [-0.2, 0) is 4.74 Å². The lowest BCUT2D eigenvalue weighted by Gasteiger charge is -2.37. The summed E-state index contributed by atoms with van der Waals surface area (Å²) in [5, 5.41) is 6.96. The van der Waals surface area contributed by atoms with Crippen LogP contribution in [0.2, 0.25) is 0 Å². The number of hydrogen-bond donors (Lipinski definition) is 2. The number of piperidine rings is 1. The van der Waals surface area contributed by atoms with Crippen LogP contribution < -0.4 is 10.6 Å². The Morgan fingerprint density at radius 1 is 1.40 bits per heavy atom. The number of hydrogen-bond acceptors (Lipinski definition) is 3. The van der Waals surface area contributed by atoms with Gasteiger partial charge < -0.3 is 10.1 Å². The van der Waals surface area contributed by atoms with Gasteiger partial charge in [0.1, 0.15) is 6.23 Å². The van der Waals surface area contributed by atoms with Crippen LogP contribution in [0.15, 0.2) is 0 Å². The van der Waals surface area contributed by atoms with Crippen LogP contribution in [-0.4, -0.2) is 32.5 Å². The number of nitrogens with one attached hydrogen (secondary N) is 2. The minimum Gasteiger partial charge on any atom is -0.363 e. The Morgan fingerprint density at radius 2 is 2.27 bits per heavy atom. The second kappa shape index (κ2) is 4.81. The van der Waals surface area contributed by atoms with Crippen LogP contribution in [0.3, 0.4) is 0 Å². The van der Waals surface area contributed by atoms with Crippen LogP contribution in [0.4, 0.5) is 0 Å². The van der Waals surface area contributed by atoms with E-state index < -0.39 is 0 Å². The van der Waals surface area contributed by atoms with E-state index in [1.807, 2.05) is 0 Å². The van der Waals surface area contributed by atoms with Crippen molar-refractivity contribution in [2.24, 2.45) is 11.3 Å². The molecule has 2 atom stereocenters. The normalized spacial score (nSPS) is 36.4. The molecule has 0 amide bonds. The van der Waals surface area contributed by atoms with Crippen molar-refractivity contribution < 1.29 is 4.74 Å². The highest BCUT2D eigenvalue weighted by Gasteiger charge is 2.28. The Morgan fingerprint density at radius 3 is 2.87 bits per heavy atom. The average Bonchev–Trinajstić information content (AvgIpc) is 2.23. The fourth-order valence-electron chi connectivity index (χ4n) is 2.41. The van der Waals surface area contributed by atoms with E-state index in [2.05, 4.69) is 24.5 Å². The van der Waals surface area contributed by atoms with Crippen molar-refractivity contribution in [2.45, 2.75) is 39.3 Å². The van der Waals surface area contributed by atoms with Crippen molar-refractivity contribution in [1.82, 2.24) is 10.6 Å². The van der Waals surface area contributed by atoms with Gasteiger partial charge in [0.15, 0.2) is 0 Å². The van der Waals surface area contributed by atoms with Gasteiger partial charge in [0.05, 0.1) is 6.61 Å². The van der Waals surface area contributed by atoms with Crippen LogP contribution in [0, 0.1) is 11.3 Å². The van der Waals surface area contributed by atoms with Gasteiger partial charge in [0.25, 0.3) is 0 Å². The summed E-state index contributed by atoms with van der Waals surface area (Å²) < 4.78 is 5.86. The minimum atomic E-state index is 0.294. The first-order valence-corrected chi connectivity index (χ1v) is 6.21. The van der Waals surface area contributed by atoms with Gasteiger partial charge in [-0.15, -0.1) is 0 Å². The fraction of sp³-hybridized carbons (Fsp3) is 1.00. The molecule has 0 aromatic rings. The van der Waals surface area contributed by atoms with Gasteiger partial charge in [-0.05, 0) is 38.3 Å². The first kappa shape index (κ1) is 11.4. The molecule has 2 aliphatic heterocycles. The van der Waals surface area contributed by atoms with Gasteiger partial charge in [-0.2, -0.15) is 0 Å². The molecular weight excluding hydrogens is 188 g/mol. The minimum absolute atomic E-state index is 0.294. The summed E-state index contributed by atoms with van der Waals surface area (Å²) in [6.07, 6.45) is 4.15. The van der Waals surface area contributed by atoms with Gasteiger partial charge in [-0.1, -0.05) is 13.8 Å². The highest BCUT2D eigenvalue weighted by molar-refractivity contribution is 4.80. The van der Waals surface area contributed by atoms with E-state index in [4.69, 9.17) is 4.74 Å². The Kier molecular flexibility index (Phi) is 3.65. The first-order chi connectivity index (χ1) is 7.16. The molecule has 0 aliphatic carbocycles. The van der Waals surface area contributed by atoms with Crippen LogP contribution in [0.1, 0.15) is 33.1 Å². The van der Waals surface area contributed by atoms with E-state index in [-0.39, 0.29) is 0 Å².